The fraction of sp³-hybridized carbons (Fsp3) is 0.320. The summed E-state index contributed by atoms with van der Waals surface area (Å²) >= 11 is 1.66. The summed E-state index contributed by atoms with van der Waals surface area (Å²) < 4.78 is 13.2. The van der Waals surface area contributed by atoms with Crippen LogP contribution in [0.4, 0.5) is 4.79 Å². The van der Waals surface area contributed by atoms with Gasteiger partial charge in [0, 0.05) is 21.8 Å². The normalized spacial score (nSPS) is 19.4. The first-order valence-corrected chi connectivity index (χ1v) is 11.9. The van der Waals surface area contributed by atoms with E-state index in [1.165, 1.54) is 4.88 Å². The lowest BCUT2D eigenvalue weighted by atomic mass is 9.91. The lowest BCUT2D eigenvalue weighted by molar-refractivity contribution is -0.130. The number of aryl methyl sites for hydroxylation is 1. The van der Waals surface area contributed by atoms with E-state index in [0.717, 1.165) is 16.3 Å². The van der Waals surface area contributed by atoms with Gasteiger partial charge >= 0.3 is 6.03 Å². The highest BCUT2D eigenvalue weighted by Crippen LogP contribution is 2.37. The molecule has 1 fully saturated rings. The number of hydrogen-bond donors (Lipinski definition) is 1. The van der Waals surface area contributed by atoms with E-state index in [4.69, 9.17) is 9.47 Å². The van der Waals surface area contributed by atoms with Crippen LogP contribution in [0.1, 0.15) is 39.1 Å². The number of thiophene rings is 1. The van der Waals surface area contributed by atoms with Crippen molar-refractivity contribution in [1.29, 1.82) is 0 Å². The second kappa shape index (κ2) is 8.32. The summed E-state index contributed by atoms with van der Waals surface area (Å²) in [6, 6.07) is 10.4. The molecule has 1 atom stereocenters. The van der Waals surface area contributed by atoms with Crippen molar-refractivity contribution in [2.75, 3.05) is 19.8 Å². The van der Waals surface area contributed by atoms with Crippen molar-refractivity contribution in [2.24, 2.45) is 0 Å². The van der Waals surface area contributed by atoms with Crippen LogP contribution < -0.4 is 14.8 Å². The zero-order valence-corrected chi connectivity index (χ0v) is 20.0. The van der Waals surface area contributed by atoms with Crippen LogP contribution in [-0.4, -0.2) is 46.9 Å². The number of carbonyl (C=O) groups is 3. The largest absolute Gasteiger partial charge is 0.486 e. The van der Waals surface area contributed by atoms with Gasteiger partial charge in [-0.1, -0.05) is 12.1 Å². The number of Topliss-reactive ketones (excluding diaryl/α,β-unsaturated/α-hetero) is 1. The maximum absolute atomic E-state index is 13.4. The number of urea groups is 1. The molecule has 2 aliphatic rings. The smallest absolute Gasteiger partial charge is 0.325 e. The van der Waals surface area contributed by atoms with Crippen molar-refractivity contribution in [2.45, 2.75) is 32.9 Å². The lowest BCUT2D eigenvalue weighted by Gasteiger charge is -2.25. The van der Waals surface area contributed by atoms with E-state index in [1.807, 2.05) is 31.4 Å². The Morgan fingerprint density at radius 3 is 2.62 bits per heavy atom. The Labute approximate surface area is 201 Å². The topological polar surface area (TPSA) is 89.9 Å². The minimum absolute atomic E-state index is 0.277. The molecule has 176 valence electrons. The molecule has 0 saturated carbocycles. The average Bonchev–Trinajstić information content (AvgIpc) is 3.50. The van der Waals surface area contributed by atoms with Crippen LogP contribution >= 0.6 is 11.3 Å². The third-order valence-electron chi connectivity index (χ3n) is 6.46. The summed E-state index contributed by atoms with van der Waals surface area (Å²) in [5.41, 5.74) is 1.55. The molecule has 0 radical (unpaired) electrons. The SMILES string of the molecule is Cc1cc(C(=O)CN2C(=O)NC(C)(c3ccc4c(c3)OCCO4)C2=O)c(C)n1Cc1cccs1. The Morgan fingerprint density at radius 2 is 1.88 bits per heavy atom. The van der Waals surface area contributed by atoms with Gasteiger partial charge in [-0.25, -0.2) is 4.79 Å². The van der Waals surface area contributed by atoms with Gasteiger partial charge in [-0.05, 0) is 56.0 Å². The van der Waals surface area contributed by atoms with Gasteiger partial charge < -0.3 is 19.4 Å². The molecule has 0 spiro atoms. The summed E-state index contributed by atoms with van der Waals surface area (Å²) in [7, 11) is 0. The summed E-state index contributed by atoms with van der Waals surface area (Å²) in [6.45, 7) is 6.70. The van der Waals surface area contributed by atoms with Gasteiger partial charge in [0.15, 0.2) is 17.3 Å². The average molecular weight is 480 g/mol. The number of nitrogens with zero attached hydrogens (tertiary/aromatic N) is 2. The molecule has 2 aliphatic heterocycles. The Hall–Kier alpha value is -3.59. The van der Waals surface area contributed by atoms with Crippen LogP contribution in [0.5, 0.6) is 11.5 Å². The van der Waals surface area contributed by atoms with Crippen molar-refractivity contribution in [1.82, 2.24) is 14.8 Å². The molecule has 2 aromatic heterocycles. The quantitative estimate of drug-likeness (QED) is 0.431. The van der Waals surface area contributed by atoms with Crippen molar-refractivity contribution < 1.29 is 23.9 Å². The first-order valence-electron chi connectivity index (χ1n) is 11.0. The van der Waals surface area contributed by atoms with Gasteiger partial charge in [-0.2, -0.15) is 0 Å². The number of fused-ring (bicyclic) bond motifs is 1. The van der Waals surface area contributed by atoms with Crippen LogP contribution in [0.15, 0.2) is 41.8 Å². The zero-order valence-electron chi connectivity index (χ0n) is 19.2. The summed E-state index contributed by atoms with van der Waals surface area (Å²) in [5.74, 6) is 0.371. The van der Waals surface area contributed by atoms with Crippen molar-refractivity contribution in [3.8, 4) is 11.5 Å². The molecule has 1 unspecified atom stereocenters. The van der Waals surface area contributed by atoms with Crippen molar-refractivity contribution in [3.63, 3.8) is 0 Å². The number of ketones is 1. The fourth-order valence-corrected chi connectivity index (χ4v) is 5.20. The van der Waals surface area contributed by atoms with Crippen LogP contribution in [0.3, 0.4) is 0 Å². The number of carbonyl (C=O) groups excluding carboxylic acids is 3. The molecule has 3 aromatic rings. The Kier molecular flexibility index (Phi) is 5.44. The minimum atomic E-state index is -1.30. The molecule has 0 aliphatic carbocycles. The van der Waals surface area contributed by atoms with Gasteiger partial charge in [0.1, 0.15) is 18.8 Å². The van der Waals surface area contributed by atoms with E-state index in [0.29, 0.717) is 42.4 Å². The molecular formula is C25H25N3O5S. The molecule has 3 amide bonds. The number of hydrogen-bond acceptors (Lipinski definition) is 6. The van der Waals surface area contributed by atoms with Crippen LogP contribution in [-0.2, 0) is 16.9 Å². The van der Waals surface area contributed by atoms with Gasteiger partial charge in [0.25, 0.3) is 5.91 Å². The lowest BCUT2D eigenvalue weighted by Crippen LogP contribution is -2.41. The summed E-state index contributed by atoms with van der Waals surface area (Å²) in [4.78, 5) is 41.5. The summed E-state index contributed by atoms with van der Waals surface area (Å²) in [6.07, 6.45) is 0. The fourth-order valence-electron chi connectivity index (χ4n) is 4.50. The molecule has 0 bridgehead atoms. The highest BCUT2D eigenvalue weighted by Gasteiger charge is 2.50. The number of benzene rings is 1. The first-order chi connectivity index (χ1) is 16.3. The maximum atomic E-state index is 13.4. The third kappa shape index (κ3) is 3.66. The number of aromatic nitrogens is 1. The van der Waals surface area contributed by atoms with Gasteiger partial charge in [-0.3, -0.25) is 14.5 Å². The monoisotopic (exact) mass is 479 g/mol. The van der Waals surface area contributed by atoms with E-state index in [1.54, 1.807) is 36.5 Å². The third-order valence-corrected chi connectivity index (χ3v) is 7.33. The number of imide groups is 1. The van der Waals surface area contributed by atoms with Gasteiger partial charge in [0.05, 0.1) is 13.1 Å². The summed E-state index contributed by atoms with van der Waals surface area (Å²) in [5, 5.41) is 4.78. The molecule has 8 nitrogen and oxygen atoms in total. The Morgan fingerprint density at radius 1 is 1.12 bits per heavy atom. The standard InChI is InChI=1S/C25H25N3O5S/c1-15-11-19(16(2)27(15)13-18-5-4-10-34-18)20(29)14-28-23(30)25(3,26-24(28)31)17-6-7-21-22(12-17)33-9-8-32-21/h4-7,10-12H,8-9,13-14H2,1-3H3,(H,26,31). The second-order valence-electron chi connectivity index (χ2n) is 8.68. The van der Waals surface area contributed by atoms with Crippen molar-refractivity contribution in [3.05, 3.63) is 69.2 Å². The number of ether oxygens (including phenoxy) is 2. The Balaban J connectivity index is 1.37. The molecule has 1 saturated heterocycles. The van der Waals surface area contributed by atoms with Crippen LogP contribution in [0.2, 0.25) is 0 Å². The molecule has 4 heterocycles. The maximum Gasteiger partial charge on any atom is 0.325 e. The molecule has 1 aromatic carbocycles. The van der Waals surface area contributed by atoms with E-state index in [2.05, 4.69) is 16.0 Å². The number of nitrogens with one attached hydrogen (secondary N) is 1. The van der Waals surface area contributed by atoms with Gasteiger partial charge in [0.2, 0.25) is 0 Å². The highest BCUT2D eigenvalue weighted by molar-refractivity contribution is 7.09. The molecule has 34 heavy (non-hydrogen) atoms. The number of rotatable bonds is 6. The first kappa shape index (κ1) is 22.2. The van der Waals surface area contributed by atoms with Gasteiger partial charge in [-0.15, -0.1) is 11.3 Å². The Bertz CT molecular complexity index is 1300. The second-order valence-corrected chi connectivity index (χ2v) is 9.71. The van der Waals surface area contributed by atoms with E-state index in [-0.39, 0.29) is 12.3 Å². The number of amides is 3. The van der Waals surface area contributed by atoms with Crippen LogP contribution in [0, 0.1) is 13.8 Å². The van der Waals surface area contributed by atoms with Crippen LogP contribution in [0.25, 0.3) is 0 Å². The molecular weight excluding hydrogens is 454 g/mol. The minimum Gasteiger partial charge on any atom is -0.486 e. The zero-order chi connectivity index (χ0) is 24.0. The molecule has 1 N–H and O–H groups in total. The van der Waals surface area contributed by atoms with E-state index >= 15 is 0 Å². The highest BCUT2D eigenvalue weighted by atomic mass is 32.1. The van der Waals surface area contributed by atoms with Crippen molar-refractivity contribution >= 4 is 29.1 Å². The predicted octanol–water partition coefficient (Wildman–Crippen LogP) is 3.64. The molecule has 5 rings (SSSR count). The van der Waals surface area contributed by atoms with E-state index in [9.17, 15) is 14.4 Å². The van der Waals surface area contributed by atoms with E-state index < -0.39 is 17.5 Å². The molecule has 9 heteroatoms. The predicted molar refractivity (Wildman–Crippen MR) is 127 cm³/mol.